The normalized spacial score (nSPS) is 15.6. The Morgan fingerprint density at radius 3 is 2.25 bits per heavy atom. The van der Waals surface area contributed by atoms with E-state index in [1.807, 2.05) is 25.8 Å². The van der Waals surface area contributed by atoms with Crippen LogP contribution in [0.2, 0.25) is 0 Å². The van der Waals surface area contributed by atoms with Crippen LogP contribution in [0.15, 0.2) is 36.4 Å². The molecule has 1 N–H and O–H groups in total. The average Bonchev–Trinajstić information content (AvgIpc) is 2.64. The van der Waals surface area contributed by atoms with Crippen molar-refractivity contribution in [2.24, 2.45) is 0 Å². The van der Waals surface area contributed by atoms with Gasteiger partial charge in [0.2, 0.25) is 0 Å². The average molecular weight is 391 g/mol. The zero-order valence-electron chi connectivity index (χ0n) is 16.2. The number of hydrogen-bond acceptors (Lipinski definition) is 3. The molecule has 0 saturated carbocycles. The van der Waals surface area contributed by atoms with Crippen LogP contribution in [-0.2, 0) is 6.18 Å². The van der Waals surface area contributed by atoms with Gasteiger partial charge < -0.3 is 15.1 Å². The molecule has 1 fully saturated rings. The first-order valence-corrected chi connectivity index (χ1v) is 9.18. The highest BCUT2D eigenvalue weighted by Gasteiger charge is 2.35. The van der Waals surface area contributed by atoms with Gasteiger partial charge in [0.1, 0.15) is 0 Å². The molecule has 1 saturated heterocycles. The van der Waals surface area contributed by atoms with Crippen molar-refractivity contribution in [3.63, 3.8) is 0 Å². The fourth-order valence-electron chi connectivity index (χ4n) is 3.21. The molecule has 0 aromatic heterocycles. The van der Waals surface area contributed by atoms with Crippen molar-refractivity contribution >= 4 is 17.3 Å². The molecule has 7 heteroatoms. The summed E-state index contributed by atoms with van der Waals surface area (Å²) in [5.41, 5.74) is 1.72. The van der Waals surface area contributed by atoms with Crippen molar-refractivity contribution in [2.75, 3.05) is 43.4 Å². The maximum absolute atomic E-state index is 13.6. The number of carbonyl (C=O) groups is 1. The second kappa shape index (κ2) is 7.83. The highest BCUT2D eigenvalue weighted by Crippen LogP contribution is 2.37. The van der Waals surface area contributed by atoms with Gasteiger partial charge in [-0.25, -0.2) is 0 Å². The molecule has 0 radical (unpaired) electrons. The third-order valence-corrected chi connectivity index (χ3v) is 5.19. The van der Waals surface area contributed by atoms with Crippen molar-refractivity contribution in [3.8, 4) is 0 Å². The predicted octanol–water partition coefficient (Wildman–Crippen LogP) is 4.33. The predicted molar refractivity (Wildman–Crippen MR) is 105 cm³/mol. The van der Waals surface area contributed by atoms with Crippen LogP contribution in [0.1, 0.15) is 27.0 Å². The standard InChI is InChI=1S/C21H24F3N3O/c1-14-4-5-16(12-15(14)2)20(28)25-19-7-6-17(13-18(19)21(22,23)24)27-10-8-26(3)9-11-27/h4-7,12-13H,8-11H2,1-3H3,(H,25,28). The van der Waals surface area contributed by atoms with Crippen LogP contribution in [0.5, 0.6) is 0 Å². The third kappa shape index (κ3) is 4.47. The summed E-state index contributed by atoms with van der Waals surface area (Å²) in [5.74, 6) is -0.555. The third-order valence-electron chi connectivity index (χ3n) is 5.19. The number of aryl methyl sites for hydroxylation is 2. The van der Waals surface area contributed by atoms with Gasteiger partial charge in [0, 0.05) is 37.4 Å². The maximum atomic E-state index is 13.6. The van der Waals surface area contributed by atoms with Gasteiger partial charge in [0.05, 0.1) is 11.3 Å². The molecular formula is C21H24F3N3O. The molecule has 150 valence electrons. The minimum Gasteiger partial charge on any atom is -0.369 e. The lowest BCUT2D eigenvalue weighted by atomic mass is 10.1. The molecule has 1 aliphatic rings. The topological polar surface area (TPSA) is 35.6 Å². The summed E-state index contributed by atoms with van der Waals surface area (Å²) >= 11 is 0. The van der Waals surface area contributed by atoms with Gasteiger partial charge in [0.15, 0.2) is 0 Å². The lowest BCUT2D eigenvalue weighted by Gasteiger charge is -2.34. The van der Waals surface area contributed by atoms with Gasteiger partial charge in [0.25, 0.3) is 5.91 Å². The van der Waals surface area contributed by atoms with Gasteiger partial charge in [-0.15, -0.1) is 0 Å². The first kappa shape index (κ1) is 20.2. The molecule has 4 nitrogen and oxygen atoms in total. The molecule has 1 aliphatic heterocycles. The van der Waals surface area contributed by atoms with E-state index in [9.17, 15) is 18.0 Å². The van der Waals surface area contributed by atoms with Crippen molar-refractivity contribution < 1.29 is 18.0 Å². The second-order valence-corrected chi connectivity index (χ2v) is 7.27. The minimum atomic E-state index is -4.56. The van der Waals surface area contributed by atoms with Crippen molar-refractivity contribution in [1.29, 1.82) is 0 Å². The van der Waals surface area contributed by atoms with E-state index in [-0.39, 0.29) is 5.69 Å². The largest absolute Gasteiger partial charge is 0.418 e. The fourth-order valence-corrected chi connectivity index (χ4v) is 3.21. The fraction of sp³-hybridized carbons (Fsp3) is 0.381. The molecule has 0 spiro atoms. The Morgan fingerprint density at radius 2 is 1.64 bits per heavy atom. The summed E-state index contributed by atoms with van der Waals surface area (Å²) in [5, 5.41) is 2.43. The van der Waals surface area contributed by atoms with E-state index in [0.29, 0.717) is 24.3 Å². The summed E-state index contributed by atoms with van der Waals surface area (Å²) in [6.07, 6.45) is -4.56. The lowest BCUT2D eigenvalue weighted by molar-refractivity contribution is -0.136. The summed E-state index contributed by atoms with van der Waals surface area (Å²) in [6, 6.07) is 9.18. The van der Waals surface area contributed by atoms with E-state index < -0.39 is 17.6 Å². The molecule has 1 amide bonds. The zero-order chi connectivity index (χ0) is 20.5. The van der Waals surface area contributed by atoms with Gasteiger partial charge >= 0.3 is 6.18 Å². The number of nitrogens with zero attached hydrogens (tertiary/aromatic N) is 2. The smallest absolute Gasteiger partial charge is 0.369 e. The number of halogens is 3. The number of likely N-dealkylation sites (N-methyl/N-ethyl adjacent to an activating group) is 1. The number of benzene rings is 2. The van der Waals surface area contributed by atoms with Gasteiger partial charge in [-0.3, -0.25) is 4.79 Å². The first-order chi connectivity index (χ1) is 13.1. The molecular weight excluding hydrogens is 367 g/mol. The van der Waals surface area contributed by atoms with Gasteiger partial charge in [-0.2, -0.15) is 13.2 Å². The Bertz CT molecular complexity index is 872. The van der Waals surface area contributed by atoms with Crippen LogP contribution in [0.3, 0.4) is 0 Å². The monoisotopic (exact) mass is 391 g/mol. The Kier molecular flexibility index (Phi) is 5.65. The van der Waals surface area contributed by atoms with Crippen LogP contribution < -0.4 is 10.2 Å². The van der Waals surface area contributed by atoms with Crippen molar-refractivity contribution in [1.82, 2.24) is 4.90 Å². The van der Waals surface area contributed by atoms with E-state index >= 15 is 0 Å². The highest BCUT2D eigenvalue weighted by atomic mass is 19.4. The van der Waals surface area contributed by atoms with Crippen LogP contribution >= 0.6 is 0 Å². The summed E-state index contributed by atoms with van der Waals surface area (Å²) < 4.78 is 40.9. The molecule has 28 heavy (non-hydrogen) atoms. The SMILES string of the molecule is Cc1ccc(C(=O)Nc2ccc(N3CCN(C)CC3)cc2C(F)(F)F)cc1C. The van der Waals surface area contributed by atoms with Crippen LogP contribution in [0, 0.1) is 13.8 Å². The number of alkyl halides is 3. The maximum Gasteiger partial charge on any atom is 0.418 e. The molecule has 2 aromatic rings. The van der Waals surface area contributed by atoms with Crippen LogP contribution in [0.25, 0.3) is 0 Å². The molecule has 1 heterocycles. The van der Waals surface area contributed by atoms with Crippen molar-refractivity contribution in [2.45, 2.75) is 20.0 Å². The number of anilines is 2. The highest BCUT2D eigenvalue weighted by molar-refractivity contribution is 6.05. The minimum absolute atomic E-state index is 0.228. The van der Waals surface area contributed by atoms with Gasteiger partial charge in [-0.1, -0.05) is 6.07 Å². The molecule has 2 aromatic carbocycles. The lowest BCUT2D eigenvalue weighted by Crippen LogP contribution is -2.44. The van der Waals surface area contributed by atoms with Crippen LogP contribution in [0.4, 0.5) is 24.5 Å². The van der Waals surface area contributed by atoms with E-state index in [0.717, 1.165) is 30.3 Å². The molecule has 0 bridgehead atoms. The van der Waals surface area contributed by atoms with E-state index in [4.69, 9.17) is 0 Å². The number of piperazine rings is 1. The molecule has 0 aliphatic carbocycles. The molecule has 3 rings (SSSR count). The Morgan fingerprint density at radius 1 is 0.964 bits per heavy atom. The van der Waals surface area contributed by atoms with E-state index in [1.165, 1.54) is 6.07 Å². The Hall–Kier alpha value is -2.54. The summed E-state index contributed by atoms with van der Waals surface area (Å²) in [4.78, 5) is 16.6. The number of hydrogen-bond donors (Lipinski definition) is 1. The number of amides is 1. The quantitative estimate of drug-likeness (QED) is 0.846. The van der Waals surface area contributed by atoms with Gasteiger partial charge in [-0.05, 0) is 62.4 Å². The zero-order valence-corrected chi connectivity index (χ0v) is 16.2. The summed E-state index contributed by atoms with van der Waals surface area (Å²) in [6.45, 7) is 6.71. The first-order valence-electron chi connectivity index (χ1n) is 9.18. The molecule has 0 unspecified atom stereocenters. The Balaban J connectivity index is 1.87. The number of carbonyl (C=O) groups excluding carboxylic acids is 1. The van der Waals surface area contributed by atoms with E-state index in [2.05, 4.69) is 10.2 Å². The number of rotatable bonds is 3. The Labute approximate surface area is 162 Å². The second-order valence-electron chi connectivity index (χ2n) is 7.27. The van der Waals surface area contributed by atoms with E-state index in [1.54, 1.807) is 24.3 Å². The molecule has 0 atom stereocenters. The summed E-state index contributed by atoms with van der Waals surface area (Å²) in [7, 11) is 1.99. The van der Waals surface area contributed by atoms with Crippen molar-refractivity contribution in [3.05, 3.63) is 58.7 Å². The van der Waals surface area contributed by atoms with Crippen LogP contribution in [-0.4, -0.2) is 44.0 Å². The number of nitrogens with one attached hydrogen (secondary N) is 1.